The third kappa shape index (κ3) is 2.51. The molecular formula is C14H18N2. The van der Waals surface area contributed by atoms with Crippen LogP contribution >= 0.6 is 0 Å². The van der Waals surface area contributed by atoms with Crippen LogP contribution < -0.4 is 0 Å². The maximum atomic E-state index is 4.20. The van der Waals surface area contributed by atoms with Crippen LogP contribution in [0.3, 0.4) is 0 Å². The highest BCUT2D eigenvalue weighted by Crippen LogP contribution is 2.22. The van der Waals surface area contributed by atoms with Crippen LogP contribution in [-0.4, -0.2) is 9.78 Å². The van der Waals surface area contributed by atoms with Gasteiger partial charge in [-0.2, -0.15) is 5.10 Å². The van der Waals surface area contributed by atoms with Crippen molar-refractivity contribution in [1.82, 2.24) is 9.78 Å². The fourth-order valence-corrected chi connectivity index (χ4v) is 1.69. The van der Waals surface area contributed by atoms with Crippen molar-refractivity contribution in [2.45, 2.75) is 32.7 Å². The molecule has 0 aliphatic heterocycles. The average molecular weight is 214 g/mol. The maximum absolute atomic E-state index is 4.20. The van der Waals surface area contributed by atoms with Crippen LogP contribution in [0.25, 0.3) is 0 Å². The van der Waals surface area contributed by atoms with E-state index in [0.717, 1.165) is 6.54 Å². The van der Waals surface area contributed by atoms with Crippen molar-refractivity contribution in [2.24, 2.45) is 0 Å². The van der Waals surface area contributed by atoms with E-state index in [-0.39, 0.29) is 5.41 Å². The van der Waals surface area contributed by atoms with Crippen molar-refractivity contribution in [3.8, 4) is 0 Å². The second kappa shape index (κ2) is 4.12. The molecule has 16 heavy (non-hydrogen) atoms. The Hall–Kier alpha value is -1.57. The Balaban J connectivity index is 2.14. The summed E-state index contributed by atoms with van der Waals surface area (Å²) in [5.74, 6) is 0. The molecule has 1 heterocycles. The monoisotopic (exact) mass is 214 g/mol. The van der Waals surface area contributed by atoms with Gasteiger partial charge in [-0.3, -0.25) is 4.68 Å². The van der Waals surface area contributed by atoms with Crippen LogP contribution in [0, 0.1) is 0 Å². The number of benzene rings is 1. The van der Waals surface area contributed by atoms with Gasteiger partial charge in [0.25, 0.3) is 0 Å². The maximum Gasteiger partial charge on any atom is 0.0659 e. The van der Waals surface area contributed by atoms with Gasteiger partial charge in [0.1, 0.15) is 0 Å². The summed E-state index contributed by atoms with van der Waals surface area (Å²) in [5.41, 5.74) is 2.89. The van der Waals surface area contributed by atoms with Gasteiger partial charge < -0.3 is 0 Å². The first-order valence-corrected chi connectivity index (χ1v) is 5.62. The minimum absolute atomic E-state index is 0.226. The first-order chi connectivity index (χ1) is 7.55. The second-order valence-corrected chi connectivity index (χ2v) is 5.15. The molecular weight excluding hydrogens is 196 g/mol. The van der Waals surface area contributed by atoms with Crippen molar-refractivity contribution in [1.29, 1.82) is 0 Å². The van der Waals surface area contributed by atoms with Gasteiger partial charge in [-0.25, -0.2) is 0 Å². The lowest BCUT2D eigenvalue weighted by molar-refractivity contribution is 0.589. The highest BCUT2D eigenvalue weighted by Gasteiger charge is 2.12. The molecule has 0 aliphatic carbocycles. The van der Waals surface area contributed by atoms with Crippen LogP contribution in [0.15, 0.2) is 42.7 Å². The number of nitrogens with zero attached hydrogens (tertiary/aromatic N) is 2. The molecule has 1 aromatic heterocycles. The van der Waals surface area contributed by atoms with Gasteiger partial charge in [0.2, 0.25) is 0 Å². The summed E-state index contributed by atoms with van der Waals surface area (Å²) in [6, 6.07) is 10.7. The lowest BCUT2D eigenvalue weighted by atomic mass is 9.87. The van der Waals surface area contributed by atoms with Crippen molar-refractivity contribution in [3.05, 3.63) is 53.9 Å². The summed E-state index contributed by atoms with van der Waals surface area (Å²) in [5, 5.41) is 4.20. The van der Waals surface area contributed by atoms with Crippen LogP contribution in [-0.2, 0) is 12.0 Å². The summed E-state index contributed by atoms with van der Waals surface area (Å²) in [6.45, 7) is 7.54. The molecule has 0 saturated heterocycles. The first-order valence-electron chi connectivity index (χ1n) is 5.62. The standard InChI is InChI=1S/C14H18N2/c1-14(2,3)13-7-5-12(6-8-13)11-16-10-4-9-15-16/h4-10H,11H2,1-3H3. The molecule has 84 valence electrons. The third-order valence-corrected chi connectivity index (χ3v) is 2.72. The van der Waals surface area contributed by atoms with E-state index < -0.39 is 0 Å². The van der Waals surface area contributed by atoms with Gasteiger partial charge in [-0.1, -0.05) is 45.0 Å². The molecule has 1 aromatic carbocycles. The van der Waals surface area contributed by atoms with Crippen molar-refractivity contribution in [2.75, 3.05) is 0 Å². The van der Waals surface area contributed by atoms with Gasteiger partial charge in [-0.15, -0.1) is 0 Å². The molecule has 0 N–H and O–H groups in total. The van der Waals surface area contributed by atoms with Gasteiger partial charge in [-0.05, 0) is 22.6 Å². The molecule has 0 saturated carbocycles. The van der Waals surface area contributed by atoms with Crippen molar-refractivity contribution in [3.63, 3.8) is 0 Å². The minimum Gasteiger partial charge on any atom is -0.268 e. The predicted octanol–water partition coefficient (Wildman–Crippen LogP) is 3.23. The Morgan fingerprint density at radius 3 is 2.31 bits per heavy atom. The molecule has 0 amide bonds. The van der Waals surface area contributed by atoms with E-state index in [1.54, 1.807) is 0 Å². The fourth-order valence-electron chi connectivity index (χ4n) is 1.69. The summed E-state index contributed by atoms with van der Waals surface area (Å²) in [4.78, 5) is 0. The number of hydrogen-bond acceptors (Lipinski definition) is 1. The van der Waals surface area contributed by atoms with Gasteiger partial charge in [0.15, 0.2) is 0 Å². The van der Waals surface area contributed by atoms with Gasteiger partial charge in [0, 0.05) is 12.4 Å². The Kier molecular flexibility index (Phi) is 2.82. The summed E-state index contributed by atoms with van der Waals surface area (Å²) >= 11 is 0. The Bertz CT molecular complexity index is 433. The van der Waals surface area contributed by atoms with E-state index in [1.165, 1.54) is 11.1 Å². The summed E-state index contributed by atoms with van der Waals surface area (Å²) < 4.78 is 1.94. The molecule has 0 atom stereocenters. The molecule has 2 rings (SSSR count). The number of aromatic nitrogens is 2. The second-order valence-electron chi connectivity index (χ2n) is 5.15. The first kappa shape index (κ1) is 10.9. The van der Waals surface area contributed by atoms with E-state index in [9.17, 15) is 0 Å². The smallest absolute Gasteiger partial charge is 0.0659 e. The normalized spacial score (nSPS) is 11.7. The zero-order chi connectivity index (χ0) is 11.6. The van der Waals surface area contributed by atoms with E-state index >= 15 is 0 Å². The topological polar surface area (TPSA) is 17.8 Å². The quantitative estimate of drug-likeness (QED) is 0.750. The van der Waals surface area contributed by atoms with Crippen LogP contribution in [0.4, 0.5) is 0 Å². The van der Waals surface area contributed by atoms with Crippen LogP contribution in [0.2, 0.25) is 0 Å². The molecule has 0 spiro atoms. The van der Waals surface area contributed by atoms with Crippen LogP contribution in [0.5, 0.6) is 0 Å². The van der Waals surface area contributed by atoms with Gasteiger partial charge >= 0.3 is 0 Å². The summed E-state index contributed by atoms with van der Waals surface area (Å²) in [7, 11) is 0. The third-order valence-electron chi connectivity index (χ3n) is 2.72. The lowest BCUT2D eigenvalue weighted by Crippen LogP contribution is -2.11. The highest BCUT2D eigenvalue weighted by molar-refractivity contribution is 5.27. The van der Waals surface area contributed by atoms with Crippen molar-refractivity contribution < 1.29 is 0 Å². The Morgan fingerprint density at radius 2 is 1.81 bits per heavy atom. The van der Waals surface area contributed by atoms with E-state index in [4.69, 9.17) is 0 Å². The molecule has 0 fully saturated rings. The average Bonchev–Trinajstić information content (AvgIpc) is 2.70. The minimum atomic E-state index is 0.226. The molecule has 2 nitrogen and oxygen atoms in total. The fraction of sp³-hybridized carbons (Fsp3) is 0.357. The summed E-state index contributed by atoms with van der Waals surface area (Å²) in [6.07, 6.45) is 3.79. The van der Waals surface area contributed by atoms with Gasteiger partial charge in [0.05, 0.1) is 6.54 Å². The number of rotatable bonds is 2. The lowest BCUT2D eigenvalue weighted by Gasteiger charge is -2.19. The van der Waals surface area contributed by atoms with E-state index in [1.807, 2.05) is 23.1 Å². The highest BCUT2D eigenvalue weighted by atomic mass is 15.3. The van der Waals surface area contributed by atoms with E-state index in [2.05, 4.69) is 50.1 Å². The van der Waals surface area contributed by atoms with Crippen molar-refractivity contribution >= 4 is 0 Å². The molecule has 0 radical (unpaired) electrons. The van der Waals surface area contributed by atoms with Crippen LogP contribution in [0.1, 0.15) is 31.9 Å². The Morgan fingerprint density at radius 1 is 1.12 bits per heavy atom. The number of hydrogen-bond donors (Lipinski definition) is 0. The zero-order valence-electron chi connectivity index (χ0n) is 10.1. The molecule has 2 heteroatoms. The molecule has 0 unspecified atom stereocenters. The molecule has 0 bridgehead atoms. The SMILES string of the molecule is CC(C)(C)c1ccc(Cn2cccn2)cc1. The molecule has 0 aliphatic rings. The predicted molar refractivity (Wildman–Crippen MR) is 66.5 cm³/mol. The largest absolute Gasteiger partial charge is 0.268 e. The zero-order valence-corrected chi connectivity index (χ0v) is 10.1. The molecule has 2 aromatic rings. The Labute approximate surface area is 96.9 Å². The van der Waals surface area contributed by atoms with E-state index in [0.29, 0.717) is 0 Å².